The first kappa shape index (κ1) is 17.7. The smallest absolute Gasteiger partial charge is 0.276 e. The highest BCUT2D eigenvalue weighted by molar-refractivity contribution is 7.16. The third-order valence-electron chi connectivity index (χ3n) is 3.65. The number of nitrogens with one attached hydrogen (secondary N) is 1. The van der Waals surface area contributed by atoms with Gasteiger partial charge in [0.1, 0.15) is 10.7 Å². The second kappa shape index (κ2) is 7.86. The molecule has 0 aliphatic rings. The first-order valence-electron chi connectivity index (χ1n) is 7.81. The Kier molecular flexibility index (Phi) is 5.57. The Morgan fingerprint density at radius 3 is 2.68 bits per heavy atom. The number of carbonyl (C=O) groups excluding carboxylic acids is 1. The molecule has 5 nitrogen and oxygen atoms in total. The van der Waals surface area contributed by atoms with E-state index in [0.717, 1.165) is 22.0 Å². The number of aromatic nitrogens is 2. The van der Waals surface area contributed by atoms with Crippen molar-refractivity contribution in [3.8, 4) is 0 Å². The standard InChI is InChI=1S/C18H19N3O2S2/c1-11-4-6-13(7-5-11)8-15-12(2)19-18(25-15)21-17(22)14-10-24-16(20-14)9-23-3/h4-7,10H,8-9H2,1-3H3,(H,19,21,22). The van der Waals surface area contributed by atoms with Crippen LogP contribution in [0.5, 0.6) is 0 Å². The molecule has 0 fully saturated rings. The van der Waals surface area contributed by atoms with E-state index in [1.54, 1.807) is 12.5 Å². The van der Waals surface area contributed by atoms with E-state index in [4.69, 9.17) is 4.74 Å². The highest BCUT2D eigenvalue weighted by Gasteiger charge is 2.15. The Labute approximate surface area is 154 Å². The van der Waals surface area contributed by atoms with Gasteiger partial charge in [-0.15, -0.1) is 22.7 Å². The van der Waals surface area contributed by atoms with Crippen LogP contribution in [0.15, 0.2) is 29.6 Å². The summed E-state index contributed by atoms with van der Waals surface area (Å²) in [6, 6.07) is 8.46. The van der Waals surface area contributed by atoms with Gasteiger partial charge in [-0.1, -0.05) is 29.8 Å². The van der Waals surface area contributed by atoms with Gasteiger partial charge in [-0.25, -0.2) is 9.97 Å². The molecule has 1 N–H and O–H groups in total. The lowest BCUT2D eigenvalue weighted by atomic mass is 10.1. The number of amides is 1. The fourth-order valence-corrected chi connectivity index (χ4v) is 4.04. The van der Waals surface area contributed by atoms with E-state index >= 15 is 0 Å². The number of aryl methyl sites for hydroxylation is 2. The van der Waals surface area contributed by atoms with Crippen LogP contribution in [-0.4, -0.2) is 23.0 Å². The monoisotopic (exact) mass is 373 g/mol. The minimum atomic E-state index is -0.241. The fraction of sp³-hybridized carbons (Fsp3) is 0.278. The van der Waals surface area contributed by atoms with Crippen molar-refractivity contribution in [3.05, 3.63) is 62.0 Å². The van der Waals surface area contributed by atoms with Crippen molar-refractivity contribution < 1.29 is 9.53 Å². The number of thiazole rings is 2. The number of carbonyl (C=O) groups is 1. The lowest BCUT2D eigenvalue weighted by Crippen LogP contribution is -2.12. The van der Waals surface area contributed by atoms with Crippen LogP contribution in [0.4, 0.5) is 5.13 Å². The van der Waals surface area contributed by atoms with Crippen molar-refractivity contribution in [3.63, 3.8) is 0 Å². The van der Waals surface area contributed by atoms with Crippen molar-refractivity contribution in [2.75, 3.05) is 12.4 Å². The molecule has 7 heteroatoms. The van der Waals surface area contributed by atoms with E-state index in [2.05, 4.69) is 46.5 Å². The van der Waals surface area contributed by atoms with E-state index in [1.807, 2.05) is 6.92 Å². The topological polar surface area (TPSA) is 64.1 Å². The van der Waals surface area contributed by atoms with E-state index < -0.39 is 0 Å². The molecule has 1 aromatic carbocycles. The molecule has 0 radical (unpaired) electrons. The van der Waals surface area contributed by atoms with Crippen LogP contribution in [-0.2, 0) is 17.8 Å². The molecule has 3 rings (SSSR count). The Balaban J connectivity index is 1.68. The van der Waals surface area contributed by atoms with Crippen LogP contribution in [0.3, 0.4) is 0 Å². The van der Waals surface area contributed by atoms with Crippen molar-refractivity contribution in [1.82, 2.24) is 9.97 Å². The van der Waals surface area contributed by atoms with Crippen LogP contribution in [0.25, 0.3) is 0 Å². The molecule has 0 aliphatic carbocycles. The molecule has 3 aromatic rings. The molecule has 2 aromatic heterocycles. The van der Waals surface area contributed by atoms with E-state index in [0.29, 0.717) is 17.4 Å². The summed E-state index contributed by atoms with van der Waals surface area (Å²) >= 11 is 2.92. The Bertz CT molecular complexity index is 869. The molecule has 0 spiro atoms. The van der Waals surface area contributed by atoms with Gasteiger partial charge in [-0.3, -0.25) is 10.1 Å². The molecule has 0 aliphatic heterocycles. The number of rotatable bonds is 6. The van der Waals surface area contributed by atoms with Crippen LogP contribution < -0.4 is 5.32 Å². The van der Waals surface area contributed by atoms with E-state index in [9.17, 15) is 4.79 Å². The predicted octanol–water partition coefficient (Wildman–Crippen LogP) is 4.21. The highest BCUT2D eigenvalue weighted by Crippen LogP contribution is 2.26. The maximum Gasteiger partial charge on any atom is 0.276 e. The van der Waals surface area contributed by atoms with E-state index in [-0.39, 0.29) is 5.91 Å². The molecular formula is C18H19N3O2S2. The van der Waals surface area contributed by atoms with Gasteiger partial charge in [-0.05, 0) is 19.4 Å². The SMILES string of the molecule is COCc1nc(C(=O)Nc2nc(C)c(Cc3ccc(C)cc3)s2)cs1. The Hall–Kier alpha value is -2.09. The third kappa shape index (κ3) is 4.50. The van der Waals surface area contributed by atoms with Crippen molar-refractivity contribution >= 4 is 33.7 Å². The zero-order valence-corrected chi connectivity index (χ0v) is 16.0. The second-order valence-electron chi connectivity index (χ2n) is 5.70. The molecule has 130 valence electrons. The van der Waals surface area contributed by atoms with Crippen molar-refractivity contribution in [2.45, 2.75) is 26.9 Å². The maximum atomic E-state index is 12.3. The lowest BCUT2D eigenvalue weighted by Gasteiger charge is -2.00. The Morgan fingerprint density at radius 2 is 1.96 bits per heavy atom. The van der Waals surface area contributed by atoms with Crippen LogP contribution >= 0.6 is 22.7 Å². The molecule has 0 unspecified atom stereocenters. The summed E-state index contributed by atoms with van der Waals surface area (Å²) in [5, 5.41) is 5.96. The highest BCUT2D eigenvalue weighted by atomic mass is 32.1. The first-order valence-corrected chi connectivity index (χ1v) is 9.51. The summed E-state index contributed by atoms with van der Waals surface area (Å²) in [6.45, 7) is 4.45. The number of hydrogen-bond donors (Lipinski definition) is 1. The number of ether oxygens (including phenoxy) is 1. The molecular weight excluding hydrogens is 354 g/mol. The first-order chi connectivity index (χ1) is 12.0. The van der Waals surface area contributed by atoms with Gasteiger partial charge in [0, 0.05) is 23.8 Å². The predicted molar refractivity (Wildman–Crippen MR) is 102 cm³/mol. The fourth-order valence-electron chi connectivity index (χ4n) is 2.30. The summed E-state index contributed by atoms with van der Waals surface area (Å²) in [5.74, 6) is -0.241. The summed E-state index contributed by atoms with van der Waals surface area (Å²) in [6.07, 6.45) is 0.814. The zero-order valence-electron chi connectivity index (χ0n) is 14.3. The van der Waals surface area contributed by atoms with Crippen LogP contribution in [0, 0.1) is 13.8 Å². The van der Waals surface area contributed by atoms with Gasteiger partial charge in [0.05, 0.1) is 12.3 Å². The van der Waals surface area contributed by atoms with Crippen LogP contribution in [0.1, 0.15) is 37.2 Å². The minimum absolute atomic E-state index is 0.241. The quantitative estimate of drug-likeness (QED) is 0.703. The average molecular weight is 374 g/mol. The number of hydrogen-bond acceptors (Lipinski definition) is 6. The summed E-state index contributed by atoms with van der Waals surface area (Å²) in [5.41, 5.74) is 3.82. The molecule has 1 amide bonds. The molecule has 2 heterocycles. The number of anilines is 1. The number of benzene rings is 1. The Morgan fingerprint density at radius 1 is 1.20 bits per heavy atom. The van der Waals surface area contributed by atoms with E-state index in [1.165, 1.54) is 33.8 Å². The summed E-state index contributed by atoms with van der Waals surface area (Å²) < 4.78 is 5.03. The van der Waals surface area contributed by atoms with Gasteiger partial charge in [0.15, 0.2) is 5.13 Å². The third-order valence-corrected chi connectivity index (χ3v) is 5.55. The van der Waals surface area contributed by atoms with Crippen molar-refractivity contribution in [2.24, 2.45) is 0 Å². The summed E-state index contributed by atoms with van der Waals surface area (Å²) in [4.78, 5) is 22.2. The largest absolute Gasteiger partial charge is 0.378 e. The molecule has 0 saturated heterocycles. The molecule has 0 saturated carbocycles. The molecule has 0 atom stereocenters. The van der Waals surface area contributed by atoms with Gasteiger partial charge in [-0.2, -0.15) is 0 Å². The number of methoxy groups -OCH3 is 1. The number of nitrogens with zero attached hydrogens (tertiary/aromatic N) is 2. The zero-order chi connectivity index (χ0) is 17.8. The minimum Gasteiger partial charge on any atom is -0.378 e. The lowest BCUT2D eigenvalue weighted by molar-refractivity contribution is 0.102. The maximum absolute atomic E-state index is 12.3. The van der Waals surface area contributed by atoms with Crippen molar-refractivity contribution in [1.29, 1.82) is 0 Å². The van der Waals surface area contributed by atoms with Gasteiger partial charge in [0.2, 0.25) is 0 Å². The molecule has 25 heavy (non-hydrogen) atoms. The second-order valence-corrected chi connectivity index (χ2v) is 7.73. The summed E-state index contributed by atoms with van der Waals surface area (Å²) in [7, 11) is 1.61. The van der Waals surface area contributed by atoms with Gasteiger partial charge >= 0.3 is 0 Å². The average Bonchev–Trinajstić information content (AvgIpc) is 3.17. The normalized spacial score (nSPS) is 10.8. The van der Waals surface area contributed by atoms with Gasteiger partial charge in [0.25, 0.3) is 5.91 Å². The molecule has 0 bridgehead atoms. The van der Waals surface area contributed by atoms with Gasteiger partial charge < -0.3 is 4.74 Å². The van der Waals surface area contributed by atoms with Crippen LogP contribution in [0.2, 0.25) is 0 Å².